The number of rotatable bonds is 2. The number of hydrazone groups is 1. The summed E-state index contributed by atoms with van der Waals surface area (Å²) in [4.78, 5) is 4.47. The molecule has 0 saturated heterocycles. The van der Waals surface area contributed by atoms with E-state index in [0.29, 0.717) is 0 Å². The van der Waals surface area contributed by atoms with Crippen molar-refractivity contribution < 1.29 is 5.11 Å². The Balaban J connectivity index is 1.82. The number of phenols is 1. The van der Waals surface area contributed by atoms with Crippen molar-refractivity contribution in [3.63, 3.8) is 0 Å². The minimum Gasteiger partial charge on any atom is -0.507 e. The Kier molecular flexibility index (Phi) is 4.15. The highest BCUT2D eigenvalue weighted by molar-refractivity contribution is 6.02. The summed E-state index contributed by atoms with van der Waals surface area (Å²) in [7, 11) is 0. The fourth-order valence-electron chi connectivity index (χ4n) is 2.56. The number of phenolic OH excluding ortho intramolecular Hbond substituents is 1. The Labute approximate surface area is 124 Å². The molecule has 2 aromatic carbocycles. The van der Waals surface area contributed by atoms with Crippen LogP contribution in [0, 0.1) is 0 Å². The third-order valence-corrected chi connectivity index (χ3v) is 3.71. The van der Waals surface area contributed by atoms with Crippen LogP contribution in [0.1, 0.15) is 31.2 Å². The first-order valence-electron chi connectivity index (χ1n) is 7.38. The first-order chi connectivity index (χ1) is 10.3. The molecule has 1 heterocycles. The van der Waals surface area contributed by atoms with Crippen LogP contribution >= 0.6 is 0 Å². The van der Waals surface area contributed by atoms with Crippen LogP contribution in [0.3, 0.4) is 0 Å². The van der Waals surface area contributed by atoms with Gasteiger partial charge in [-0.15, -0.1) is 0 Å². The minimum absolute atomic E-state index is 0.238. The van der Waals surface area contributed by atoms with Crippen molar-refractivity contribution in [1.29, 1.82) is 0 Å². The minimum atomic E-state index is 0.238. The normalized spacial score (nSPS) is 15.9. The van der Waals surface area contributed by atoms with Gasteiger partial charge in [-0.25, -0.2) is 0 Å². The lowest BCUT2D eigenvalue weighted by atomic mass is 10.0. The molecule has 0 radical (unpaired) electrons. The molecule has 0 bridgehead atoms. The van der Waals surface area contributed by atoms with E-state index >= 15 is 0 Å². The summed E-state index contributed by atoms with van der Waals surface area (Å²) >= 11 is 0. The molecule has 0 aromatic heterocycles. The SMILES string of the molecule is Oc1ccc2ccccc2c1/C=N/NC1=NCCCCC1. The van der Waals surface area contributed by atoms with Gasteiger partial charge < -0.3 is 5.11 Å². The molecule has 1 aliphatic rings. The zero-order valence-electron chi connectivity index (χ0n) is 11.9. The molecular weight excluding hydrogens is 262 g/mol. The van der Waals surface area contributed by atoms with Gasteiger partial charge in [0.1, 0.15) is 11.6 Å². The van der Waals surface area contributed by atoms with Crippen LogP contribution in [0.25, 0.3) is 10.8 Å². The van der Waals surface area contributed by atoms with Crippen LogP contribution in [0.15, 0.2) is 46.5 Å². The Morgan fingerprint density at radius 2 is 2.00 bits per heavy atom. The zero-order chi connectivity index (χ0) is 14.5. The number of fused-ring (bicyclic) bond motifs is 1. The van der Waals surface area contributed by atoms with Gasteiger partial charge >= 0.3 is 0 Å². The Morgan fingerprint density at radius 1 is 1.10 bits per heavy atom. The van der Waals surface area contributed by atoms with Crippen LogP contribution in [0.2, 0.25) is 0 Å². The molecule has 0 unspecified atom stereocenters. The van der Waals surface area contributed by atoms with Gasteiger partial charge in [0.25, 0.3) is 0 Å². The number of hydrogen-bond acceptors (Lipinski definition) is 4. The standard InChI is InChI=1S/C17H19N3O/c21-16-10-9-13-6-3-4-7-14(13)15(16)12-19-20-17-8-2-1-5-11-18-17/h3-4,6-7,9-10,12,21H,1-2,5,8,11H2,(H,18,20)/b19-12+. The topological polar surface area (TPSA) is 57.0 Å². The highest BCUT2D eigenvalue weighted by atomic mass is 16.3. The molecule has 0 spiro atoms. The van der Waals surface area contributed by atoms with Gasteiger partial charge in [0.15, 0.2) is 0 Å². The molecular formula is C17H19N3O. The quantitative estimate of drug-likeness (QED) is 0.654. The second-order valence-corrected chi connectivity index (χ2v) is 5.23. The van der Waals surface area contributed by atoms with E-state index in [1.165, 1.54) is 6.42 Å². The lowest BCUT2D eigenvalue weighted by Gasteiger charge is -2.05. The van der Waals surface area contributed by atoms with E-state index in [4.69, 9.17) is 0 Å². The molecule has 4 nitrogen and oxygen atoms in total. The monoisotopic (exact) mass is 281 g/mol. The van der Waals surface area contributed by atoms with Crippen molar-refractivity contribution in [3.05, 3.63) is 42.0 Å². The van der Waals surface area contributed by atoms with Crippen molar-refractivity contribution in [2.45, 2.75) is 25.7 Å². The Hall–Kier alpha value is -2.36. The third kappa shape index (κ3) is 3.21. The summed E-state index contributed by atoms with van der Waals surface area (Å²) in [6.45, 7) is 0.872. The molecule has 0 fully saturated rings. The second kappa shape index (κ2) is 6.39. The van der Waals surface area contributed by atoms with E-state index in [-0.39, 0.29) is 5.75 Å². The van der Waals surface area contributed by atoms with Crippen LogP contribution < -0.4 is 5.43 Å². The van der Waals surface area contributed by atoms with E-state index in [1.54, 1.807) is 12.3 Å². The van der Waals surface area contributed by atoms with E-state index < -0.39 is 0 Å². The van der Waals surface area contributed by atoms with E-state index in [9.17, 15) is 5.11 Å². The summed E-state index contributed by atoms with van der Waals surface area (Å²) in [5.74, 6) is 1.17. The number of aromatic hydroxyl groups is 1. The highest BCUT2D eigenvalue weighted by Gasteiger charge is 2.05. The van der Waals surface area contributed by atoms with Crippen molar-refractivity contribution in [2.75, 3.05) is 6.54 Å². The highest BCUT2D eigenvalue weighted by Crippen LogP contribution is 2.25. The zero-order valence-corrected chi connectivity index (χ0v) is 11.9. The number of benzene rings is 2. The van der Waals surface area contributed by atoms with Crippen molar-refractivity contribution in [1.82, 2.24) is 5.43 Å². The predicted molar refractivity (Wildman–Crippen MR) is 87.1 cm³/mol. The molecule has 108 valence electrons. The van der Waals surface area contributed by atoms with Crippen molar-refractivity contribution >= 4 is 22.8 Å². The maximum Gasteiger partial charge on any atom is 0.125 e. The van der Waals surface area contributed by atoms with Gasteiger partial charge in [-0.05, 0) is 29.7 Å². The van der Waals surface area contributed by atoms with Gasteiger partial charge in [-0.1, -0.05) is 36.8 Å². The second-order valence-electron chi connectivity index (χ2n) is 5.23. The average molecular weight is 281 g/mol. The molecule has 2 N–H and O–H groups in total. The maximum absolute atomic E-state index is 10.0. The summed E-state index contributed by atoms with van der Waals surface area (Å²) in [6.07, 6.45) is 6.15. The lowest BCUT2D eigenvalue weighted by Crippen LogP contribution is -2.17. The largest absolute Gasteiger partial charge is 0.507 e. The molecule has 1 aliphatic heterocycles. The van der Waals surface area contributed by atoms with E-state index in [2.05, 4.69) is 15.5 Å². The number of aliphatic imine (C=N–C) groups is 1. The number of amidine groups is 1. The summed E-state index contributed by atoms with van der Waals surface area (Å²) in [5.41, 5.74) is 3.74. The smallest absolute Gasteiger partial charge is 0.125 e. The first-order valence-corrected chi connectivity index (χ1v) is 7.38. The molecule has 2 aromatic rings. The van der Waals surface area contributed by atoms with Crippen molar-refractivity contribution in [2.24, 2.45) is 10.1 Å². The van der Waals surface area contributed by atoms with Crippen LogP contribution in [-0.2, 0) is 0 Å². The van der Waals surface area contributed by atoms with Gasteiger partial charge in [0.2, 0.25) is 0 Å². The predicted octanol–water partition coefficient (Wildman–Crippen LogP) is 3.44. The molecule has 0 atom stereocenters. The number of hydrogen-bond donors (Lipinski definition) is 2. The molecule has 0 aliphatic carbocycles. The van der Waals surface area contributed by atoms with Crippen molar-refractivity contribution in [3.8, 4) is 5.75 Å². The molecule has 3 rings (SSSR count). The molecule has 0 saturated carbocycles. The van der Waals surface area contributed by atoms with Gasteiger partial charge in [-0.2, -0.15) is 5.10 Å². The lowest BCUT2D eigenvalue weighted by molar-refractivity contribution is 0.475. The van der Waals surface area contributed by atoms with Gasteiger partial charge in [0.05, 0.1) is 6.21 Å². The Morgan fingerprint density at radius 3 is 2.95 bits per heavy atom. The fourth-order valence-corrected chi connectivity index (χ4v) is 2.56. The third-order valence-electron chi connectivity index (χ3n) is 3.71. The maximum atomic E-state index is 10.0. The first kappa shape index (κ1) is 13.6. The van der Waals surface area contributed by atoms with Crippen LogP contribution in [-0.4, -0.2) is 23.7 Å². The fraction of sp³-hybridized carbons (Fsp3) is 0.294. The Bertz CT molecular complexity index is 691. The van der Waals surface area contributed by atoms with Crippen LogP contribution in [0.4, 0.5) is 0 Å². The summed E-state index contributed by atoms with van der Waals surface area (Å²) in [5, 5.41) is 16.4. The average Bonchev–Trinajstić information content (AvgIpc) is 2.78. The van der Waals surface area contributed by atoms with E-state index in [0.717, 1.165) is 48.0 Å². The molecule has 21 heavy (non-hydrogen) atoms. The molecule has 0 amide bonds. The summed E-state index contributed by atoms with van der Waals surface area (Å²) < 4.78 is 0. The van der Waals surface area contributed by atoms with E-state index in [1.807, 2.05) is 30.3 Å². The van der Waals surface area contributed by atoms with Gasteiger partial charge in [-0.3, -0.25) is 10.4 Å². The number of nitrogens with zero attached hydrogens (tertiary/aromatic N) is 2. The van der Waals surface area contributed by atoms with Crippen LogP contribution in [0.5, 0.6) is 5.75 Å². The number of nitrogens with one attached hydrogen (secondary N) is 1. The van der Waals surface area contributed by atoms with Gasteiger partial charge in [0, 0.05) is 18.5 Å². The summed E-state index contributed by atoms with van der Waals surface area (Å²) in [6, 6.07) is 11.6. The molecule has 4 heteroatoms.